The van der Waals surface area contributed by atoms with Crippen LogP contribution in [0.15, 0.2) is 47.4 Å². The quantitative estimate of drug-likeness (QED) is 0.189. The first kappa shape index (κ1) is 26.7. The number of carbonyl (C=O) groups excluding carboxylic acids is 1. The number of benzene rings is 1. The van der Waals surface area contributed by atoms with E-state index in [0.717, 1.165) is 4.57 Å². The van der Waals surface area contributed by atoms with Crippen molar-refractivity contribution in [2.24, 2.45) is 5.92 Å². The average Bonchev–Trinajstić information content (AvgIpc) is 3.10. The third-order valence-corrected chi connectivity index (χ3v) is 7.69. The third kappa shape index (κ3) is 6.95. The summed E-state index contributed by atoms with van der Waals surface area (Å²) in [5.41, 5.74) is 4.67. The van der Waals surface area contributed by atoms with Crippen LogP contribution in [0.1, 0.15) is 36.7 Å². The fraction of sp³-hybridized carbons (Fsp3) is 0.480. The van der Waals surface area contributed by atoms with Crippen molar-refractivity contribution in [3.63, 3.8) is 0 Å². The van der Waals surface area contributed by atoms with Gasteiger partial charge in [0.2, 0.25) is 0 Å². The summed E-state index contributed by atoms with van der Waals surface area (Å²) in [5.74, 6) is 3.40. The van der Waals surface area contributed by atoms with E-state index in [1.807, 2.05) is 0 Å². The number of halogens is 1. The van der Waals surface area contributed by atoms with Crippen LogP contribution in [-0.4, -0.2) is 56.5 Å². The van der Waals surface area contributed by atoms with Gasteiger partial charge >= 0.3 is 19.3 Å². The Morgan fingerprint density at radius 1 is 1.37 bits per heavy atom. The second-order valence-electron chi connectivity index (χ2n) is 8.83. The standard InChI is InChI=1S/C25H31ClN3O8P/c1-5-12-25(26)21(30)19(36-23(25)29-13-11-20(27)28-24(29)32)14-34-38(33,37-18-9-7-6-8-10-18)15-17(4)22(31)35-16(2)3/h6-11,13,16-17,19,21,23,30H,14-15H2,1-4H3,(H2,27,28,32)/t17-,19-,21+,23-,25?,38+/m1/s1/i14D2. The number of nitrogens with two attached hydrogens (primary N) is 1. The Balaban J connectivity index is 1.99. The van der Waals surface area contributed by atoms with Gasteiger partial charge in [0.25, 0.3) is 0 Å². The maximum Gasteiger partial charge on any atom is 0.380 e. The summed E-state index contributed by atoms with van der Waals surface area (Å²) in [6, 6.07) is 9.12. The molecular weight excluding hydrogens is 537 g/mol. The van der Waals surface area contributed by atoms with Crippen molar-refractivity contribution in [3.05, 3.63) is 53.1 Å². The minimum absolute atomic E-state index is 0.0825. The number of esters is 1. The van der Waals surface area contributed by atoms with Gasteiger partial charge < -0.3 is 24.8 Å². The monoisotopic (exact) mass is 569 g/mol. The predicted octanol–water partition coefficient (Wildman–Crippen LogP) is 2.96. The molecule has 1 aromatic heterocycles. The maximum absolute atomic E-state index is 14.0. The molecule has 13 heteroatoms. The molecule has 0 radical (unpaired) electrons. The fourth-order valence-electron chi connectivity index (χ4n) is 3.60. The lowest BCUT2D eigenvalue weighted by Gasteiger charge is -2.26. The van der Waals surface area contributed by atoms with E-state index < -0.39 is 67.3 Å². The second-order valence-corrected chi connectivity index (χ2v) is 11.4. The summed E-state index contributed by atoms with van der Waals surface area (Å²) < 4.78 is 54.2. The van der Waals surface area contributed by atoms with E-state index in [-0.39, 0.29) is 11.6 Å². The van der Waals surface area contributed by atoms with Crippen molar-refractivity contribution in [2.45, 2.75) is 57.1 Å². The largest absolute Gasteiger partial charge is 0.463 e. The Labute approximate surface area is 228 Å². The number of anilines is 1. The number of nitrogens with zero attached hydrogens (tertiary/aromatic N) is 2. The number of aliphatic hydroxyl groups is 1. The molecule has 6 atom stereocenters. The van der Waals surface area contributed by atoms with Gasteiger partial charge in [-0.2, -0.15) is 4.98 Å². The Hall–Kier alpha value is -2.87. The highest BCUT2D eigenvalue weighted by Gasteiger charge is 2.56. The van der Waals surface area contributed by atoms with E-state index >= 15 is 0 Å². The minimum Gasteiger partial charge on any atom is -0.463 e. The van der Waals surface area contributed by atoms with Gasteiger partial charge in [-0.3, -0.25) is 13.9 Å². The van der Waals surface area contributed by atoms with E-state index in [9.17, 15) is 19.3 Å². The highest BCUT2D eigenvalue weighted by Crippen LogP contribution is 2.51. The third-order valence-electron chi connectivity index (χ3n) is 5.32. The van der Waals surface area contributed by atoms with Crippen LogP contribution in [0.25, 0.3) is 0 Å². The molecule has 1 unspecified atom stereocenters. The van der Waals surface area contributed by atoms with E-state index in [1.54, 1.807) is 32.0 Å². The first-order valence-corrected chi connectivity index (χ1v) is 13.8. The van der Waals surface area contributed by atoms with Crippen LogP contribution in [0, 0.1) is 17.8 Å². The van der Waals surface area contributed by atoms with E-state index in [2.05, 4.69) is 16.8 Å². The smallest absolute Gasteiger partial charge is 0.380 e. The molecule has 0 spiro atoms. The number of alkyl halides is 1. The average molecular weight is 570 g/mol. The number of nitrogen functional groups attached to an aromatic ring is 1. The number of rotatable bonds is 10. The molecule has 206 valence electrons. The van der Waals surface area contributed by atoms with Crippen LogP contribution in [0.3, 0.4) is 0 Å². The predicted molar refractivity (Wildman–Crippen MR) is 141 cm³/mol. The van der Waals surface area contributed by atoms with Gasteiger partial charge in [-0.05, 0) is 39.0 Å². The van der Waals surface area contributed by atoms with Crippen LogP contribution in [-0.2, 0) is 23.4 Å². The van der Waals surface area contributed by atoms with Crippen LogP contribution >= 0.6 is 19.2 Å². The van der Waals surface area contributed by atoms with Crippen molar-refractivity contribution in [1.82, 2.24) is 9.55 Å². The Bertz CT molecular complexity index is 1380. The zero-order valence-corrected chi connectivity index (χ0v) is 22.9. The maximum atomic E-state index is 14.0. The number of aromatic nitrogens is 2. The number of para-hydroxylation sites is 1. The number of hydrogen-bond donors (Lipinski definition) is 2. The van der Waals surface area contributed by atoms with Gasteiger partial charge in [0.1, 0.15) is 23.8 Å². The zero-order chi connectivity index (χ0) is 29.9. The molecule has 1 saturated heterocycles. The molecule has 0 bridgehead atoms. The summed E-state index contributed by atoms with van der Waals surface area (Å²) >= 11 is 6.66. The number of carbonyl (C=O) groups is 1. The molecule has 1 aliphatic heterocycles. The summed E-state index contributed by atoms with van der Waals surface area (Å²) in [5, 5.41) is 11.2. The van der Waals surface area contributed by atoms with Crippen molar-refractivity contribution in [1.29, 1.82) is 0 Å². The number of aliphatic hydroxyl groups excluding tert-OH is 1. The minimum atomic E-state index is -4.50. The molecule has 11 nitrogen and oxygen atoms in total. The van der Waals surface area contributed by atoms with Crippen molar-refractivity contribution < 1.29 is 35.7 Å². The SMILES string of the molecule is [2H]C([2H])(O[P@@](=O)(C[C@@H](C)C(=O)OC(C)C)Oc1ccccc1)[C@H]1O[C@@H](n2ccc(N)nc2=O)C(Cl)(C#CC)[C@H]1O. The summed E-state index contributed by atoms with van der Waals surface area (Å²) in [6.45, 7) is 3.11. The molecule has 0 aliphatic carbocycles. The van der Waals surface area contributed by atoms with Gasteiger partial charge in [-0.1, -0.05) is 42.6 Å². The van der Waals surface area contributed by atoms with E-state index in [1.165, 1.54) is 38.2 Å². The molecule has 38 heavy (non-hydrogen) atoms. The molecule has 0 amide bonds. The van der Waals surface area contributed by atoms with Crippen molar-refractivity contribution in [3.8, 4) is 17.6 Å². The molecule has 2 aromatic rings. The molecule has 1 aliphatic rings. The lowest BCUT2D eigenvalue weighted by molar-refractivity contribution is -0.151. The Morgan fingerprint density at radius 2 is 2.05 bits per heavy atom. The molecule has 1 fully saturated rings. The summed E-state index contributed by atoms with van der Waals surface area (Å²) in [4.78, 5) is 26.6. The zero-order valence-electron chi connectivity index (χ0n) is 23.2. The molecule has 0 saturated carbocycles. The first-order valence-electron chi connectivity index (χ1n) is 12.7. The van der Waals surface area contributed by atoms with Crippen LogP contribution in [0.4, 0.5) is 5.82 Å². The molecular formula is C25H31ClN3O8P. The number of ether oxygens (including phenoxy) is 2. The van der Waals surface area contributed by atoms with E-state index in [0.29, 0.717) is 0 Å². The summed E-state index contributed by atoms with van der Waals surface area (Å²) in [6.07, 6.45) is -5.18. The van der Waals surface area contributed by atoms with Gasteiger partial charge in [0.05, 0.1) is 27.5 Å². The highest BCUT2D eigenvalue weighted by molar-refractivity contribution is 7.54. The topological polar surface area (TPSA) is 152 Å². The van der Waals surface area contributed by atoms with Gasteiger partial charge in [0, 0.05) is 6.20 Å². The Kier molecular flexibility index (Phi) is 8.67. The normalized spacial score (nSPS) is 26.3. The highest BCUT2D eigenvalue weighted by atomic mass is 35.5. The molecule has 2 heterocycles. The summed E-state index contributed by atoms with van der Waals surface area (Å²) in [7, 11) is -4.50. The Morgan fingerprint density at radius 3 is 2.66 bits per heavy atom. The number of hydrogen-bond acceptors (Lipinski definition) is 10. The lowest BCUT2D eigenvalue weighted by Crippen LogP contribution is -2.43. The first-order chi connectivity index (χ1) is 18.6. The molecule has 3 rings (SSSR count). The van der Waals surface area contributed by atoms with Crippen molar-refractivity contribution >= 4 is 31.0 Å². The van der Waals surface area contributed by atoms with Gasteiger partial charge in [-0.25, -0.2) is 9.36 Å². The molecule has 1 aromatic carbocycles. The molecule has 3 N–H and O–H groups in total. The lowest BCUT2D eigenvalue weighted by atomic mass is 9.99. The van der Waals surface area contributed by atoms with Crippen LogP contribution in [0.5, 0.6) is 5.75 Å². The van der Waals surface area contributed by atoms with Crippen LogP contribution < -0.4 is 15.9 Å². The van der Waals surface area contributed by atoms with Crippen molar-refractivity contribution in [2.75, 3.05) is 18.5 Å². The van der Waals surface area contributed by atoms with E-state index in [4.69, 9.17) is 38.6 Å². The van der Waals surface area contributed by atoms with Gasteiger partial charge in [-0.15, -0.1) is 5.92 Å². The fourth-order valence-corrected chi connectivity index (χ4v) is 5.68. The van der Waals surface area contributed by atoms with Gasteiger partial charge in [0.15, 0.2) is 11.1 Å². The second kappa shape index (κ2) is 12.3. The van der Waals surface area contributed by atoms with Crippen LogP contribution in [0.2, 0.25) is 0 Å².